The quantitative estimate of drug-likeness (QED) is 0.704. The predicted molar refractivity (Wildman–Crippen MR) is 77.5 cm³/mol. The first-order chi connectivity index (χ1) is 8.49. The molecule has 7 heteroatoms. The smallest absolute Gasteiger partial charge is 0.319 e. The van der Waals surface area contributed by atoms with Gasteiger partial charge in [-0.3, -0.25) is 4.79 Å². The molecule has 1 aromatic rings. The minimum absolute atomic E-state index is 0.119. The van der Waals surface area contributed by atoms with Crippen LogP contribution in [0.5, 0.6) is 0 Å². The molecule has 1 rings (SSSR count). The SMILES string of the molecule is CC(=O)NCCNC(=O)Nc1cc(Br)ccc1Br. The highest BCUT2D eigenvalue weighted by molar-refractivity contribution is 9.11. The molecule has 0 radical (unpaired) electrons. The molecule has 3 amide bonds. The molecule has 0 spiro atoms. The predicted octanol–water partition coefficient (Wildman–Crippen LogP) is 2.47. The van der Waals surface area contributed by atoms with Crippen LogP contribution < -0.4 is 16.0 Å². The molecule has 0 fully saturated rings. The molecule has 0 bridgehead atoms. The number of halogens is 2. The standard InChI is InChI=1S/C11H13Br2N3O2/c1-7(17)14-4-5-15-11(18)16-10-6-8(12)2-3-9(10)13/h2-3,6H,4-5H2,1H3,(H,14,17)(H2,15,16,18). The Morgan fingerprint density at radius 3 is 2.50 bits per heavy atom. The summed E-state index contributed by atoms with van der Waals surface area (Å²) in [6.45, 7) is 2.21. The van der Waals surface area contributed by atoms with Gasteiger partial charge in [0.1, 0.15) is 0 Å². The van der Waals surface area contributed by atoms with Gasteiger partial charge in [-0.1, -0.05) is 15.9 Å². The molecule has 0 aromatic heterocycles. The molecule has 3 N–H and O–H groups in total. The van der Waals surface area contributed by atoms with E-state index in [1.54, 1.807) is 6.07 Å². The Kier molecular flexibility index (Phi) is 6.14. The minimum Gasteiger partial charge on any atom is -0.355 e. The summed E-state index contributed by atoms with van der Waals surface area (Å²) in [5.74, 6) is -0.119. The van der Waals surface area contributed by atoms with E-state index in [4.69, 9.17) is 0 Å². The topological polar surface area (TPSA) is 70.2 Å². The fraction of sp³-hybridized carbons (Fsp3) is 0.273. The van der Waals surface area contributed by atoms with Crippen LogP contribution in [0.4, 0.5) is 10.5 Å². The molecule has 18 heavy (non-hydrogen) atoms. The van der Waals surface area contributed by atoms with Gasteiger partial charge in [0.05, 0.1) is 5.69 Å². The highest BCUT2D eigenvalue weighted by Gasteiger charge is 2.05. The summed E-state index contributed by atoms with van der Waals surface area (Å²) < 4.78 is 1.67. The van der Waals surface area contributed by atoms with E-state index in [2.05, 4.69) is 47.8 Å². The molecule has 0 saturated carbocycles. The summed E-state index contributed by atoms with van der Waals surface area (Å²) in [5.41, 5.74) is 0.668. The summed E-state index contributed by atoms with van der Waals surface area (Å²) in [5, 5.41) is 7.92. The van der Waals surface area contributed by atoms with E-state index >= 15 is 0 Å². The van der Waals surface area contributed by atoms with Crippen molar-refractivity contribution in [2.45, 2.75) is 6.92 Å². The van der Waals surface area contributed by atoms with Crippen LogP contribution in [-0.2, 0) is 4.79 Å². The number of carbonyl (C=O) groups excluding carboxylic acids is 2. The third kappa shape index (κ3) is 5.50. The zero-order valence-electron chi connectivity index (χ0n) is 9.72. The Hall–Kier alpha value is -1.08. The average molecular weight is 379 g/mol. The number of benzene rings is 1. The summed E-state index contributed by atoms with van der Waals surface area (Å²) in [6, 6.07) is 5.16. The molecular formula is C11H13Br2N3O2. The zero-order chi connectivity index (χ0) is 13.5. The van der Waals surface area contributed by atoms with Crippen molar-refractivity contribution in [1.29, 1.82) is 0 Å². The van der Waals surface area contributed by atoms with Crippen LogP contribution in [0, 0.1) is 0 Å². The van der Waals surface area contributed by atoms with Crippen LogP contribution in [0.1, 0.15) is 6.92 Å². The van der Waals surface area contributed by atoms with Crippen LogP contribution in [0.25, 0.3) is 0 Å². The highest BCUT2D eigenvalue weighted by atomic mass is 79.9. The van der Waals surface area contributed by atoms with Crippen molar-refractivity contribution in [3.63, 3.8) is 0 Å². The number of anilines is 1. The Labute approximate surface area is 122 Å². The van der Waals surface area contributed by atoms with Gasteiger partial charge < -0.3 is 16.0 Å². The van der Waals surface area contributed by atoms with Crippen molar-refractivity contribution in [2.75, 3.05) is 18.4 Å². The Morgan fingerprint density at radius 2 is 1.83 bits per heavy atom. The average Bonchev–Trinajstić information content (AvgIpc) is 2.29. The van der Waals surface area contributed by atoms with Crippen molar-refractivity contribution >= 4 is 49.5 Å². The molecule has 0 saturated heterocycles. The van der Waals surface area contributed by atoms with Crippen LogP contribution in [0.2, 0.25) is 0 Å². The van der Waals surface area contributed by atoms with Gasteiger partial charge in [0.2, 0.25) is 5.91 Å². The molecule has 0 aliphatic rings. The maximum atomic E-state index is 11.5. The molecule has 5 nitrogen and oxygen atoms in total. The number of urea groups is 1. The van der Waals surface area contributed by atoms with Crippen molar-refractivity contribution in [3.8, 4) is 0 Å². The van der Waals surface area contributed by atoms with Crippen molar-refractivity contribution in [1.82, 2.24) is 10.6 Å². The number of hydrogen-bond acceptors (Lipinski definition) is 2. The lowest BCUT2D eigenvalue weighted by molar-refractivity contribution is -0.118. The molecular weight excluding hydrogens is 366 g/mol. The number of nitrogens with one attached hydrogen (secondary N) is 3. The molecule has 98 valence electrons. The normalized spacial score (nSPS) is 9.72. The Balaban J connectivity index is 2.40. The van der Waals surface area contributed by atoms with E-state index < -0.39 is 0 Å². The lowest BCUT2D eigenvalue weighted by Crippen LogP contribution is -2.36. The monoisotopic (exact) mass is 377 g/mol. The van der Waals surface area contributed by atoms with Crippen LogP contribution in [-0.4, -0.2) is 25.0 Å². The molecule has 0 heterocycles. The second-order valence-electron chi connectivity index (χ2n) is 3.49. The van der Waals surface area contributed by atoms with Crippen molar-refractivity contribution in [2.24, 2.45) is 0 Å². The lowest BCUT2D eigenvalue weighted by Gasteiger charge is -2.09. The lowest BCUT2D eigenvalue weighted by atomic mass is 10.3. The molecule has 0 unspecified atom stereocenters. The van der Waals surface area contributed by atoms with Crippen molar-refractivity contribution in [3.05, 3.63) is 27.1 Å². The van der Waals surface area contributed by atoms with Gasteiger partial charge in [-0.25, -0.2) is 4.79 Å². The first-order valence-corrected chi connectivity index (χ1v) is 6.82. The highest BCUT2D eigenvalue weighted by Crippen LogP contribution is 2.25. The zero-order valence-corrected chi connectivity index (χ0v) is 12.9. The van der Waals surface area contributed by atoms with Gasteiger partial charge in [-0.05, 0) is 34.1 Å². The van der Waals surface area contributed by atoms with Gasteiger partial charge >= 0.3 is 6.03 Å². The van der Waals surface area contributed by atoms with Gasteiger partial charge in [0.25, 0.3) is 0 Å². The number of rotatable bonds is 4. The third-order valence-corrected chi connectivity index (χ3v) is 3.15. The number of amides is 3. The Bertz CT molecular complexity index is 452. The first-order valence-electron chi connectivity index (χ1n) is 5.23. The fourth-order valence-corrected chi connectivity index (χ4v) is 1.88. The second-order valence-corrected chi connectivity index (χ2v) is 5.26. The summed E-state index contributed by atoms with van der Waals surface area (Å²) >= 11 is 6.67. The maximum absolute atomic E-state index is 11.5. The van der Waals surface area contributed by atoms with Crippen LogP contribution in [0.15, 0.2) is 27.1 Å². The Morgan fingerprint density at radius 1 is 1.17 bits per heavy atom. The molecule has 1 aromatic carbocycles. The minimum atomic E-state index is -0.320. The van der Waals surface area contributed by atoms with Crippen LogP contribution in [0.3, 0.4) is 0 Å². The summed E-state index contributed by atoms with van der Waals surface area (Å²) in [7, 11) is 0. The summed E-state index contributed by atoms with van der Waals surface area (Å²) in [4.78, 5) is 22.2. The van der Waals surface area contributed by atoms with Gasteiger partial charge in [0.15, 0.2) is 0 Å². The second kappa shape index (κ2) is 7.38. The van der Waals surface area contributed by atoms with E-state index in [0.29, 0.717) is 18.8 Å². The van der Waals surface area contributed by atoms with Crippen LogP contribution >= 0.6 is 31.9 Å². The van der Waals surface area contributed by atoms with Gasteiger partial charge in [0, 0.05) is 29.0 Å². The van der Waals surface area contributed by atoms with E-state index in [1.165, 1.54) is 6.92 Å². The van der Waals surface area contributed by atoms with Gasteiger partial charge in [-0.2, -0.15) is 0 Å². The molecule has 0 atom stereocenters. The maximum Gasteiger partial charge on any atom is 0.319 e. The largest absolute Gasteiger partial charge is 0.355 e. The number of carbonyl (C=O) groups is 2. The van der Waals surface area contributed by atoms with Crippen molar-refractivity contribution < 1.29 is 9.59 Å². The molecule has 0 aliphatic heterocycles. The van der Waals surface area contributed by atoms with E-state index in [9.17, 15) is 9.59 Å². The first kappa shape index (κ1) is 15.0. The fourth-order valence-electron chi connectivity index (χ4n) is 1.17. The number of hydrogen-bond donors (Lipinski definition) is 3. The molecule has 0 aliphatic carbocycles. The van der Waals surface area contributed by atoms with E-state index in [0.717, 1.165) is 8.95 Å². The third-order valence-electron chi connectivity index (χ3n) is 1.96. The van der Waals surface area contributed by atoms with E-state index in [1.807, 2.05) is 12.1 Å². The summed E-state index contributed by atoms with van der Waals surface area (Å²) in [6.07, 6.45) is 0. The van der Waals surface area contributed by atoms with E-state index in [-0.39, 0.29) is 11.9 Å². The van der Waals surface area contributed by atoms with Gasteiger partial charge in [-0.15, -0.1) is 0 Å².